The van der Waals surface area contributed by atoms with Gasteiger partial charge in [-0.3, -0.25) is 9.52 Å². The van der Waals surface area contributed by atoms with Gasteiger partial charge in [-0.05, 0) is 36.4 Å². The van der Waals surface area contributed by atoms with Gasteiger partial charge in [-0.1, -0.05) is 23.7 Å². The number of benzene rings is 2. The Kier molecular flexibility index (Phi) is 8.10. The number of carbonyl (C=O) groups excluding carboxylic acids is 1. The number of anilines is 1. The minimum atomic E-state index is -3.95. The highest BCUT2D eigenvalue weighted by Gasteiger charge is 2.20. The lowest BCUT2D eigenvalue weighted by Crippen LogP contribution is -2.21. The van der Waals surface area contributed by atoms with E-state index in [0.717, 1.165) is 11.3 Å². The summed E-state index contributed by atoms with van der Waals surface area (Å²) in [5, 5.41) is 12.7. The number of rotatable bonds is 10. The number of carboxylic acid groups (broad SMARTS) is 1. The lowest BCUT2D eigenvalue weighted by Gasteiger charge is -2.11. The van der Waals surface area contributed by atoms with Crippen molar-refractivity contribution in [2.24, 2.45) is 5.10 Å². The molecule has 0 unspecified atom stereocenters. The first-order valence-electron chi connectivity index (χ1n) is 9.43. The Balaban J connectivity index is 1.77. The Bertz CT molecular complexity index is 1340. The van der Waals surface area contributed by atoms with E-state index >= 15 is 0 Å². The molecule has 0 atom stereocenters. The number of methoxy groups -OCH3 is 1. The Labute approximate surface area is 203 Å². The molecule has 0 aliphatic rings. The second-order valence-corrected chi connectivity index (χ2v) is 10.1. The number of hydrogen-bond acceptors (Lipinski definition) is 8. The summed E-state index contributed by atoms with van der Waals surface area (Å²) < 4.78 is 38.2. The third kappa shape index (κ3) is 6.47. The predicted octanol–water partition coefficient (Wildman–Crippen LogP) is 3.44. The average molecular weight is 524 g/mol. The van der Waals surface area contributed by atoms with Gasteiger partial charge < -0.3 is 14.6 Å². The molecule has 0 aliphatic heterocycles. The SMILES string of the molecule is COc1ccc(/C=N\NC(=O)c2ccccc2NS(=O)(=O)c2ccc(Cl)s2)c(OCC(=O)O)c1. The molecule has 2 aromatic carbocycles. The van der Waals surface area contributed by atoms with Crippen LogP contribution in [0.3, 0.4) is 0 Å². The monoisotopic (exact) mass is 523 g/mol. The van der Waals surface area contributed by atoms with Gasteiger partial charge in [0.15, 0.2) is 6.61 Å². The van der Waals surface area contributed by atoms with Gasteiger partial charge in [-0.15, -0.1) is 11.3 Å². The second-order valence-electron chi connectivity index (χ2n) is 6.49. The summed E-state index contributed by atoms with van der Waals surface area (Å²) in [6, 6.07) is 13.5. The van der Waals surface area contributed by atoms with E-state index in [9.17, 15) is 18.0 Å². The van der Waals surface area contributed by atoms with E-state index in [1.807, 2.05) is 0 Å². The number of para-hydroxylation sites is 1. The predicted molar refractivity (Wildman–Crippen MR) is 128 cm³/mol. The quantitative estimate of drug-likeness (QED) is 0.273. The van der Waals surface area contributed by atoms with Crippen molar-refractivity contribution in [2.45, 2.75) is 4.21 Å². The van der Waals surface area contributed by atoms with Gasteiger partial charge in [-0.25, -0.2) is 18.6 Å². The molecule has 3 N–H and O–H groups in total. The number of aliphatic carboxylic acids is 1. The molecule has 0 fully saturated rings. The molecular formula is C21H18ClN3O7S2. The fourth-order valence-electron chi connectivity index (χ4n) is 2.64. The number of nitrogens with one attached hydrogen (secondary N) is 2. The van der Waals surface area contributed by atoms with Crippen LogP contribution in [0, 0.1) is 0 Å². The topological polar surface area (TPSA) is 143 Å². The van der Waals surface area contributed by atoms with Gasteiger partial charge in [0.1, 0.15) is 15.7 Å². The van der Waals surface area contributed by atoms with Crippen molar-refractivity contribution in [1.82, 2.24) is 5.43 Å². The molecule has 1 aromatic heterocycles. The summed E-state index contributed by atoms with van der Waals surface area (Å²) in [5.74, 6) is -1.22. The van der Waals surface area contributed by atoms with Crippen LogP contribution in [0.1, 0.15) is 15.9 Å². The number of thiophene rings is 1. The van der Waals surface area contributed by atoms with Crippen LogP contribution < -0.4 is 19.6 Å². The summed E-state index contributed by atoms with van der Waals surface area (Å²) in [7, 11) is -2.50. The van der Waals surface area contributed by atoms with Crippen LogP contribution in [0.4, 0.5) is 5.69 Å². The van der Waals surface area contributed by atoms with Crippen LogP contribution >= 0.6 is 22.9 Å². The zero-order valence-electron chi connectivity index (χ0n) is 17.5. The zero-order chi connectivity index (χ0) is 24.7. The summed E-state index contributed by atoms with van der Waals surface area (Å²) in [6.07, 6.45) is 1.26. The first kappa shape index (κ1) is 25.0. The van der Waals surface area contributed by atoms with Crippen LogP contribution in [0.2, 0.25) is 4.34 Å². The lowest BCUT2D eigenvalue weighted by molar-refractivity contribution is -0.139. The van der Waals surface area contributed by atoms with Gasteiger partial charge in [-0.2, -0.15) is 5.10 Å². The summed E-state index contributed by atoms with van der Waals surface area (Å²) in [6.45, 7) is -0.580. The van der Waals surface area contributed by atoms with Gasteiger partial charge in [0.2, 0.25) is 0 Å². The summed E-state index contributed by atoms with van der Waals surface area (Å²) in [4.78, 5) is 23.5. The molecule has 0 spiro atoms. The highest BCUT2D eigenvalue weighted by Crippen LogP contribution is 2.28. The van der Waals surface area contributed by atoms with E-state index < -0.39 is 28.5 Å². The van der Waals surface area contributed by atoms with E-state index in [1.54, 1.807) is 24.3 Å². The van der Waals surface area contributed by atoms with Crippen molar-refractivity contribution < 1.29 is 32.6 Å². The normalized spacial score (nSPS) is 11.2. The van der Waals surface area contributed by atoms with Crippen LogP contribution in [0.5, 0.6) is 11.5 Å². The van der Waals surface area contributed by atoms with Gasteiger partial charge in [0, 0.05) is 11.6 Å². The molecular weight excluding hydrogens is 506 g/mol. The number of amides is 1. The van der Waals surface area contributed by atoms with Crippen molar-refractivity contribution in [3.63, 3.8) is 0 Å². The number of sulfonamides is 1. The van der Waals surface area contributed by atoms with Crippen LogP contribution in [-0.4, -0.2) is 45.3 Å². The first-order valence-corrected chi connectivity index (χ1v) is 12.1. The summed E-state index contributed by atoms with van der Waals surface area (Å²) >= 11 is 6.71. The zero-order valence-corrected chi connectivity index (χ0v) is 19.9. The number of hydrogen-bond donors (Lipinski definition) is 3. The van der Waals surface area contributed by atoms with Crippen LogP contribution in [-0.2, 0) is 14.8 Å². The standard InChI is InChI=1S/C21H18ClN3O7S2/c1-31-14-7-6-13(17(10-14)32-12-19(26)27)11-23-24-21(28)15-4-2-3-5-16(15)25-34(29,30)20-9-8-18(22)33-20/h2-11,25H,12H2,1H3,(H,24,28)(H,26,27)/b23-11-. The maximum absolute atomic E-state index is 12.7. The Morgan fingerprint density at radius 2 is 1.94 bits per heavy atom. The first-order chi connectivity index (χ1) is 16.2. The minimum Gasteiger partial charge on any atom is -0.497 e. The van der Waals surface area contributed by atoms with E-state index in [2.05, 4.69) is 15.2 Å². The number of halogens is 1. The molecule has 1 heterocycles. The number of ether oxygens (including phenoxy) is 2. The number of hydrazone groups is 1. The second kappa shape index (κ2) is 11.0. The van der Waals surface area contributed by atoms with Crippen molar-refractivity contribution in [1.29, 1.82) is 0 Å². The molecule has 3 rings (SSSR count). The van der Waals surface area contributed by atoms with Gasteiger partial charge in [0.25, 0.3) is 15.9 Å². The number of carboxylic acids is 1. The largest absolute Gasteiger partial charge is 0.497 e. The van der Waals surface area contributed by atoms with E-state index in [4.69, 9.17) is 26.2 Å². The Morgan fingerprint density at radius 3 is 2.62 bits per heavy atom. The van der Waals surface area contributed by atoms with Crippen LogP contribution in [0.25, 0.3) is 0 Å². The van der Waals surface area contributed by atoms with Gasteiger partial charge >= 0.3 is 5.97 Å². The molecule has 0 bridgehead atoms. The highest BCUT2D eigenvalue weighted by atomic mass is 35.5. The maximum Gasteiger partial charge on any atom is 0.341 e. The minimum absolute atomic E-state index is 0.000807. The molecule has 3 aromatic rings. The molecule has 10 nitrogen and oxygen atoms in total. The number of nitrogens with zero attached hydrogens (tertiary/aromatic N) is 1. The van der Waals surface area contributed by atoms with Crippen molar-refractivity contribution in [3.8, 4) is 11.5 Å². The molecule has 178 valence electrons. The molecule has 0 saturated carbocycles. The summed E-state index contributed by atoms with van der Waals surface area (Å²) in [5.41, 5.74) is 2.77. The third-order valence-electron chi connectivity index (χ3n) is 4.17. The number of carbonyl (C=O) groups is 2. The fraction of sp³-hybridized carbons (Fsp3) is 0.0952. The van der Waals surface area contributed by atoms with Crippen LogP contribution in [0.15, 0.2) is 63.9 Å². The van der Waals surface area contributed by atoms with E-state index in [0.29, 0.717) is 15.6 Å². The van der Waals surface area contributed by atoms with Crippen molar-refractivity contribution >= 4 is 56.7 Å². The average Bonchev–Trinajstić information content (AvgIpc) is 3.25. The molecule has 34 heavy (non-hydrogen) atoms. The Morgan fingerprint density at radius 1 is 1.18 bits per heavy atom. The smallest absolute Gasteiger partial charge is 0.341 e. The van der Waals surface area contributed by atoms with Crippen molar-refractivity contribution in [3.05, 3.63) is 70.1 Å². The van der Waals surface area contributed by atoms with Crippen molar-refractivity contribution in [2.75, 3.05) is 18.4 Å². The fourth-order valence-corrected chi connectivity index (χ4v) is 5.20. The molecule has 13 heteroatoms. The Hall–Kier alpha value is -3.61. The maximum atomic E-state index is 12.7. The third-order valence-corrected chi connectivity index (χ3v) is 7.26. The van der Waals surface area contributed by atoms with Gasteiger partial charge in [0.05, 0.1) is 28.9 Å². The van der Waals surface area contributed by atoms with E-state index in [1.165, 1.54) is 43.7 Å². The highest BCUT2D eigenvalue weighted by molar-refractivity contribution is 7.94. The molecule has 0 saturated heterocycles. The van der Waals surface area contributed by atoms with E-state index in [-0.39, 0.29) is 21.2 Å². The lowest BCUT2D eigenvalue weighted by atomic mass is 10.2. The molecule has 1 amide bonds. The molecule has 0 radical (unpaired) electrons. The molecule has 0 aliphatic carbocycles.